The Bertz CT molecular complexity index is 285. The minimum absolute atomic E-state index is 0.0261. The van der Waals surface area contributed by atoms with Gasteiger partial charge >= 0.3 is 0 Å². The minimum atomic E-state index is -0.0261. The largest absolute Gasteiger partial charge is 0.355 e. The van der Waals surface area contributed by atoms with Gasteiger partial charge in [-0.1, -0.05) is 44.9 Å². The van der Waals surface area contributed by atoms with Crippen molar-refractivity contribution in [2.45, 2.75) is 41.5 Å². The van der Waals surface area contributed by atoms with Gasteiger partial charge in [-0.25, -0.2) is 0 Å². The summed E-state index contributed by atoms with van der Waals surface area (Å²) in [6.07, 6.45) is 0. The molecule has 92 valence electrons. The van der Waals surface area contributed by atoms with Gasteiger partial charge < -0.3 is 5.32 Å². The molecule has 2 nitrogen and oxygen atoms in total. The SMILES string of the molecule is CC.CC.CNC(=O)c1cc(C)cc(C)c1. The summed E-state index contributed by atoms with van der Waals surface area (Å²) in [6, 6.07) is 5.81. The molecule has 0 fully saturated rings. The van der Waals surface area contributed by atoms with Gasteiger partial charge in [-0.2, -0.15) is 0 Å². The summed E-state index contributed by atoms with van der Waals surface area (Å²) in [5.74, 6) is -0.0261. The fraction of sp³-hybridized carbons (Fsp3) is 0.500. The van der Waals surface area contributed by atoms with Crippen molar-refractivity contribution >= 4 is 5.91 Å². The molecule has 0 spiro atoms. The van der Waals surface area contributed by atoms with Crippen molar-refractivity contribution in [1.29, 1.82) is 0 Å². The van der Waals surface area contributed by atoms with Crippen molar-refractivity contribution in [3.8, 4) is 0 Å². The van der Waals surface area contributed by atoms with E-state index in [9.17, 15) is 4.79 Å². The summed E-state index contributed by atoms with van der Waals surface area (Å²) in [4.78, 5) is 11.2. The highest BCUT2D eigenvalue weighted by Gasteiger charge is 2.02. The lowest BCUT2D eigenvalue weighted by Gasteiger charge is -2.02. The van der Waals surface area contributed by atoms with Crippen molar-refractivity contribution in [2.24, 2.45) is 0 Å². The van der Waals surface area contributed by atoms with Crippen molar-refractivity contribution < 1.29 is 4.79 Å². The highest BCUT2D eigenvalue weighted by Crippen LogP contribution is 2.08. The molecule has 0 aliphatic carbocycles. The van der Waals surface area contributed by atoms with Gasteiger partial charge in [0.2, 0.25) is 0 Å². The molecule has 0 saturated carbocycles. The number of carbonyl (C=O) groups is 1. The molecule has 0 aliphatic heterocycles. The van der Waals surface area contributed by atoms with E-state index in [1.165, 1.54) is 0 Å². The van der Waals surface area contributed by atoms with Gasteiger partial charge in [0.1, 0.15) is 0 Å². The highest BCUT2D eigenvalue weighted by atomic mass is 16.1. The molecule has 1 aromatic rings. The van der Waals surface area contributed by atoms with Crippen molar-refractivity contribution in [1.82, 2.24) is 5.32 Å². The van der Waals surface area contributed by atoms with E-state index in [1.807, 2.05) is 59.7 Å². The molecule has 0 aliphatic rings. The number of carbonyl (C=O) groups excluding carboxylic acids is 1. The zero-order chi connectivity index (χ0) is 13.1. The average molecular weight is 223 g/mol. The molecule has 0 saturated heterocycles. The summed E-state index contributed by atoms with van der Waals surface area (Å²) in [5.41, 5.74) is 2.97. The fourth-order valence-electron chi connectivity index (χ4n) is 1.25. The number of nitrogens with one attached hydrogen (secondary N) is 1. The predicted molar refractivity (Wildman–Crippen MR) is 72.0 cm³/mol. The van der Waals surface area contributed by atoms with E-state index in [-0.39, 0.29) is 5.91 Å². The number of benzene rings is 1. The lowest BCUT2D eigenvalue weighted by molar-refractivity contribution is 0.0963. The van der Waals surface area contributed by atoms with Crippen LogP contribution in [0, 0.1) is 13.8 Å². The Morgan fingerprint density at radius 2 is 1.31 bits per heavy atom. The van der Waals surface area contributed by atoms with Crippen molar-refractivity contribution in [3.63, 3.8) is 0 Å². The van der Waals surface area contributed by atoms with Crippen LogP contribution in [-0.2, 0) is 0 Å². The Morgan fingerprint density at radius 3 is 1.62 bits per heavy atom. The van der Waals surface area contributed by atoms with Gasteiger partial charge in [-0.15, -0.1) is 0 Å². The van der Waals surface area contributed by atoms with Crippen molar-refractivity contribution in [3.05, 3.63) is 34.9 Å². The molecule has 1 rings (SSSR count). The molecule has 0 unspecified atom stereocenters. The van der Waals surface area contributed by atoms with Gasteiger partial charge in [-0.05, 0) is 26.0 Å². The van der Waals surface area contributed by atoms with Crippen LogP contribution in [-0.4, -0.2) is 13.0 Å². The normalized spacial score (nSPS) is 7.94. The van der Waals surface area contributed by atoms with Gasteiger partial charge in [0.05, 0.1) is 0 Å². The van der Waals surface area contributed by atoms with E-state index in [1.54, 1.807) is 7.05 Å². The van der Waals surface area contributed by atoms with Gasteiger partial charge in [0.25, 0.3) is 5.91 Å². The van der Waals surface area contributed by atoms with E-state index in [4.69, 9.17) is 0 Å². The molecule has 1 amide bonds. The Balaban J connectivity index is 0. The summed E-state index contributed by atoms with van der Waals surface area (Å²) < 4.78 is 0. The molecule has 0 heterocycles. The minimum Gasteiger partial charge on any atom is -0.355 e. The topological polar surface area (TPSA) is 29.1 Å². The second kappa shape index (κ2) is 10.2. The highest BCUT2D eigenvalue weighted by molar-refractivity contribution is 5.94. The number of aryl methyl sites for hydroxylation is 2. The Labute approximate surface area is 100 Å². The first-order chi connectivity index (χ1) is 7.63. The second-order valence-corrected chi connectivity index (χ2v) is 2.96. The van der Waals surface area contributed by atoms with Crippen LogP contribution in [0.3, 0.4) is 0 Å². The average Bonchev–Trinajstić information content (AvgIpc) is 2.32. The van der Waals surface area contributed by atoms with Crippen molar-refractivity contribution in [2.75, 3.05) is 7.05 Å². The maximum Gasteiger partial charge on any atom is 0.251 e. The number of hydrogen-bond acceptors (Lipinski definition) is 1. The molecule has 16 heavy (non-hydrogen) atoms. The van der Waals surface area contributed by atoms with Crippen LogP contribution in [0.1, 0.15) is 49.2 Å². The smallest absolute Gasteiger partial charge is 0.251 e. The summed E-state index contributed by atoms with van der Waals surface area (Å²) in [7, 11) is 1.64. The third-order valence-corrected chi connectivity index (χ3v) is 1.71. The summed E-state index contributed by atoms with van der Waals surface area (Å²) in [5, 5.41) is 2.60. The van der Waals surface area contributed by atoms with Crippen LogP contribution >= 0.6 is 0 Å². The van der Waals surface area contributed by atoms with Crippen LogP contribution in [0.5, 0.6) is 0 Å². The first-order valence-electron chi connectivity index (χ1n) is 5.94. The fourth-order valence-corrected chi connectivity index (χ4v) is 1.25. The van der Waals surface area contributed by atoms with Crippen LogP contribution in [0.2, 0.25) is 0 Å². The molecule has 1 aromatic carbocycles. The van der Waals surface area contributed by atoms with Crippen LogP contribution < -0.4 is 5.32 Å². The first kappa shape index (κ1) is 17.1. The molecule has 0 radical (unpaired) electrons. The monoisotopic (exact) mass is 223 g/mol. The quantitative estimate of drug-likeness (QED) is 0.772. The van der Waals surface area contributed by atoms with E-state index in [0.717, 1.165) is 16.7 Å². The number of rotatable bonds is 1. The maximum atomic E-state index is 11.2. The lowest BCUT2D eigenvalue weighted by Crippen LogP contribution is -2.17. The van der Waals surface area contributed by atoms with Crippen LogP contribution in [0.15, 0.2) is 18.2 Å². The standard InChI is InChI=1S/C10H13NO.2C2H6/c1-7-4-8(2)6-9(5-7)10(12)11-3;2*1-2/h4-6H,1-3H3,(H,11,12);2*1-2H3. The zero-order valence-corrected chi connectivity index (χ0v) is 11.6. The third kappa shape index (κ3) is 6.23. The molecule has 0 bridgehead atoms. The Morgan fingerprint density at radius 1 is 0.938 bits per heavy atom. The third-order valence-electron chi connectivity index (χ3n) is 1.71. The van der Waals surface area contributed by atoms with Gasteiger partial charge in [-0.3, -0.25) is 4.79 Å². The lowest BCUT2D eigenvalue weighted by atomic mass is 10.1. The molecule has 0 atom stereocenters. The van der Waals surface area contributed by atoms with Crippen LogP contribution in [0.4, 0.5) is 0 Å². The predicted octanol–water partition coefficient (Wildman–Crippen LogP) is 3.72. The zero-order valence-electron chi connectivity index (χ0n) is 11.6. The van der Waals surface area contributed by atoms with E-state index in [2.05, 4.69) is 5.32 Å². The van der Waals surface area contributed by atoms with Crippen LogP contribution in [0.25, 0.3) is 0 Å². The first-order valence-corrected chi connectivity index (χ1v) is 5.94. The molecular formula is C14H25NO. The molecule has 1 N–H and O–H groups in total. The maximum absolute atomic E-state index is 11.2. The van der Waals surface area contributed by atoms with E-state index < -0.39 is 0 Å². The van der Waals surface area contributed by atoms with Gasteiger partial charge in [0.15, 0.2) is 0 Å². The number of hydrogen-bond donors (Lipinski definition) is 1. The molecule has 0 aromatic heterocycles. The second-order valence-electron chi connectivity index (χ2n) is 2.96. The number of amides is 1. The molecular weight excluding hydrogens is 198 g/mol. The summed E-state index contributed by atoms with van der Waals surface area (Å²) in [6.45, 7) is 12.0. The van der Waals surface area contributed by atoms with E-state index in [0.29, 0.717) is 0 Å². The molecule has 2 heteroatoms. The van der Waals surface area contributed by atoms with E-state index >= 15 is 0 Å². The Hall–Kier alpha value is -1.31. The Kier molecular flexibility index (Phi) is 10.9. The summed E-state index contributed by atoms with van der Waals surface area (Å²) >= 11 is 0. The van der Waals surface area contributed by atoms with Gasteiger partial charge in [0, 0.05) is 12.6 Å².